The van der Waals surface area contributed by atoms with Gasteiger partial charge in [0.15, 0.2) is 0 Å². The predicted molar refractivity (Wildman–Crippen MR) is 78.7 cm³/mol. The summed E-state index contributed by atoms with van der Waals surface area (Å²) in [4.78, 5) is 8.67. The molecule has 0 saturated heterocycles. The molecule has 1 aromatic carbocycles. The van der Waals surface area contributed by atoms with Crippen molar-refractivity contribution in [1.29, 1.82) is 0 Å². The summed E-state index contributed by atoms with van der Waals surface area (Å²) in [5, 5.41) is 0. The van der Waals surface area contributed by atoms with E-state index in [4.69, 9.17) is 4.74 Å². The van der Waals surface area contributed by atoms with Crippen LogP contribution in [0.2, 0.25) is 0 Å². The summed E-state index contributed by atoms with van der Waals surface area (Å²) in [6.07, 6.45) is 1.78. The molecule has 0 aliphatic heterocycles. The van der Waals surface area contributed by atoms with Crippen LogP contribution in [0.1, 0.15) is 5.69 Å². The van der Waals surface area contributed by atoms with E-state index in [0.29, 0.717) is 5.88 Å². The zero-order valence-electron chi connectivity index (χ0n) is 11.2. The zero-order chi connectivity index (χ0) is 13.8. The fraction of sp³-hybridized carbons (Fsp3) is 0.0588. The van der Waals surface area contributed by atoms with E-state index >= 15 is 0 Å². The van der Waals surface area contributed by atoms with Crippen LogP contribution in [-0.2, 0) is 0 Å². The molecule has 3 heteroatoms. The molecule has 3 nitrogen and oxygen atoms in total. The highest BCUT2D eigenvalue weighted by Gasteiger charge is 2.02. The van der Waals surface area contributed by atoms with E-state index in [1.165, 1.54) is 0 Å². The Labute approximate surface area is 117 Å². The van der Waals surface area contributed by atoms with Crippen molar-refractivity contribution in [1.82, 2.24) is 9.97 Å². The van der Waals surface area contributed by atoms with Crippen molar-refractivity contribution >= 4 is 0 Å². The first-order valence-electron chi connectivity index (χ1n) is 6.44. The minimum absolute atomic E-state index is 0.600. The summed E-state index contributed by atoms with van der Waals surface area (Å²) >= 11 is 0. The first-order valence-corrected chi connectivity index (χ1v) is 6.44. The van der Waals surface area contributed by atoms with Gasteiger partial charge in [0.2, 0.25) is 5.88 Å². The van der Waals surface area contributed by atoms with E-state index in [-0.39, 0.29) is 0 Å². The molecule has 0 saturated carbocycles. The first-order chi connectivity index (χ1) is 9.81. The Morgan fingerprint density at radius 3 is 2.60 bits per heavy atom. The lowest BCUT2D eigenvalue weighted by Gasteiger charge is -2.07. The monoisotopic (exact) mass is 262 g/mol. The van der Waals surface area contributed by atoms with E-state index in [9.17, 15) is 0 Å². The highest BCUT2D eigenvalue weighted by atomic mass is 16.5. The Morgan fingerprint density at radius 1 is 0.900 bits per heavy atom. The van der Waals surface area contributed by atoms with E-state index in [1.807, 2.05) is 67.6 Å². The van der Waals surface area contributed by atoms with Crippen LogP contribution in [0.4, 0.5) is 0 Å². The summed E-state index contributed by atoms with van der Waals surface area (Å²) in [7, 11) is 0. The van der Waals surface area contributed by atoms with E-state index < -0.39 is 0 Å². The molecule has 0 atom stereocenters. The average Bonchev–Trinajstić information content (AvgIpc) is 2.48. The summed E-state index contributed by atoms with van der Waals surface area (Å²) in [5.74, 6) is 1.36. The van der Waals surface area contributed by atoms with Crippen LogP contribution in [0.5, 0.6) is 11.6 Å². The summed E-state index contributed by atoms with van der Waals surface area (Å²) in [5.41, 5.74) is 2.88. The standard InChI is InChI=1S/C17H14N2O/c1-13-6-4-10-17(19-13)20-15-8-5-7-14(12-15)16-9-2-3-11-18-16/h2-12H,1H3. The van der Waals surface area contributed by atoms with Crippen molar-refractivity contribution < 1.29 is 4.74 Å². The van der Waals surface area contributed by atoms with Gasteiger partial charge < -0.3 is 4.74 Å². The maximum absolute atomic E-state index is 5.78. The highest BCUT2D eigenvalue weighted by Crippen LogP contribution is 2.25. The van der Waals surface area contributed by atoms with Gasteiger partial charge in [0, 0.05) is 23.5 Å². The zero-order valence-corrected chi connectivity index (χ0v) is 11.2. The van der Waals surface area contributed by atoms with Crippen LogP contribution in [0.3, 0.4) is 0 Å². The second kappa shape index (κ2) is 5.53. The molecule has 20 heavy (non-hydrogen) atoms. The molecule has 0 aliphatic carbocycles. The lowest BCUT2D eigenvalue weighted by molar-refractivity contribution is 0.462. The second-order valence-electron chi connectivity index (χ2n) is 4.46. The van der Waals surface area contributed by atoms with E-state index in [0.717, 1.165) is 22.7 Å². The maximum atomic E-state index is 5.78. The third-order valence-electron chi connectivity index (χ3n) is 2.88. The van der Waals surface area contributed by atoms with E-state index in [1.54, 1.807) is 6.20 Å². The van der Waals surface area contributed by atoms with Crippen LogP contribution in [0.25, 0.3) is 11.3 Å². The molecule has 3 aromatic rings. The third-order valence-corrected chi connectivity index (χ3v) is 2.88. The average molecular weight is 262 g/mol. The van der Waals surface area contributed by atoms with Crippen molar-refractivity contribution in [2.45, 2.75) is 6.92 Å². The molecule has 0 N–H and O–H groups in total. The van der Waals surface area contributed by atoms with Crippen molar-refractivity contribution in [2.24, 2.45) is 0 Å². The number of aryl methyl sites for hydroxylation is 1. The molecule has 2 aromatic heterocycles. The molecule has 0 aliphatic rings. The largest absolute Gasteiger partial charge is 0.439 e. The van der Waals surface area contributed by atoms with Crippen LogP contribution in [0.15, 0.2) is 66.9 Å². The summed E-state index contributed by atoms with van der Waals surface area (Å²) in [6.45, 7) is 1.94. The fourth-order valence-electron chi connectivity index (χ4n) is 1.95. The van der Waals surface area contributed by atoms with Gasteiger partial charge in [0.25, 0.3) is 0 Å². The summed E-state index contributed by atoms with van der Waals surface area (Å²) < 4.78 is 5.78. The Balaban J connectivity index is 1.88. The topological polar surface area (TPSA) is 35.0 Å². The van der Waals surface area contributed by atoms with Gasteiger partial charge in [-0.2, -0.15) is 0 Å². The number of hydrogen-bond acceptors (Lipinski definition) is 3. The number of pyridine rings is 2. The number of ether oxygens (including phenoxy) is 1. The van der Waals surface area contributed by atoms with Gasteiger partial charge in [-0.25, -0.2) is 4.98 Å². The molecule has 98 valence electrons. The molecule has 2 heterocycles. The first kappa shape index (κ1) is 12.4. The predicted octanol–water partition coefficient (Wildman–Crippen LogP) is 4.24. The normalized spacial score (nSPS) is 10.2. The van der Waals surface area contributed by atoms with Gasteiger partial charge in [-0.3, -0.25) is 4.98 Å². The van der Waals surface area contributed by atoms with Gasteiger partial charge in [0.05, 0.1) is 5.69 Å². The summed E-state index contributed by atoms with van der Waals surface area (Å²) in [6, 6.07) is 19.4. The van der Waals surface area contributed by atoms with Crippen molar-refractivity contribution in [3.05, 3.63) is 72.6 Å². The van der Waals surface area contributed by atoms with E-state index in [2.05, 4.69) is 9.97 Å². The van der Waals surface area contributed by atoms with Gasteiger partial charge in [-0.15, -0.1) is 0 Å². The molecule has 0 amide bonds. The third kappa shape index (κ3) is 2.83. The Bertz CT molecular complexity index is 711. The molecule has 0 radical (unpaired) electrons. The number of rotatable bonds is 3. The SMILES string of the molecule is Cc1cccc(Oc2cccc(-c3ccccn3)c2)n1. The maximum Gasteiger partial charge on any atom is 0.219 e. The molecule has 0 fully saturated rings. The number of benzene rings is 1. The molecular weight excluding hydrogens is 248 g/mol. The van der Waals surface area contributed by atoms with Gasteiger partial charge in [-0.1, -0.05) is 24.3 Å². The van der Waals surface area contributed by atoms with Gasteiger partial charge >= 0.3 is 0 Å². The Hall–Kier alpha value is -2.68. The fourth-order valence-corrected chi connectivity index (χ4v) is 1.95. The van der Waals surface area contributed by atoms with Crippen LogP contribution >= 0.6 is 0 Å². The lowest BCUT2D eigenvalue weighted by Crippen LogP contribution is -1.90. The highest BCUT2D eigenvalue weighted by molar-refractivity contribution is 5.61. The number of aromatic nitrogens is 2. The van der Waals surface area contributed by atoms with Crippen molar-refractivity contribution in [3.63, 3.8) is 0 Å². The van der Waals surface area contributed by atoms with Crippen LogP contribution in [-0.4, -0.2) is 9.97 Å². The second-order valence-corrected chi connectivity index (χ2v) is 4.46. The molecule has 0 spiro atoms. The Morgan fingerprint density at radius 2 is 1.80 bits per heavy atom. The smallest absolute Gasteiger partial charge is 0.219 e. The minimum atomic E-state index is 0.600. The number of nitrogens with zero attached hydrogens (tertiary/aromatic N) is 2. The van der Waals surface area contributed by atoms with Gasteiger partial charge in [0.1, 0.15) is 5.75 Å². The lowest BCUT2D eigenvalue weighted by atomic mass is 10.1. The van der Waals surface area contributed by atoms with Crippen LogP contribution < -0.4 is 4.74 Å². The quantitative estimate of drug-likeness (QED) is 0.708. The molecule has 0 bridgehead atoms. The minimum Gasteiger partial charge on any atom is -0.439 e. The van der Waals surface area contributed by atoms with Crippen LogP contribution in [0, 0.1) is 6.92 Å². The number of hydrogen-bond donors (Lipinski definition) is 0. The molecule has 0 unspecified atom stereocenters. The van der Waals surface area contributed by atoms with Gasteiger partial charge in [-0.05, 0) is 37.3 Å². The molecule has 3 rings (SSSR count). The molecular formula is C17H14N2O. The van der Waals surface area contributed by atoms with Crippen molar-refractivity contribution in [3.8, 4) is 22.9 Å². The van der Waals surface area contributed by atoms with Crippen molar-refractivity contribution in [2.75, 3.05) is 0 Å². The Kier molecular flexibility index (Phi) is 3.42.